The van der Waals surface area contributed by atoms with Gasteiger partial charge >= 0.3 is 0 Å². The second kappa shape index (κ2) is 8.12. The minimum absolute atomic E-state index is 0.0257. The number of hydrogen-bond acceptors (Lipinski definition) is 3. The van der Waals surface area contributed by atoms with Crippen molar-refractivity contribution in [1.29, 1.82) is 0 Å². The van der Waals surface area contributed by atoms with E-state index in [1.807, 2.05) is 13.8 Å². The van der Waals surface area contributed by atoms with E-state index < -0.39 is 7.55 Å². The average Bonchev–Trinajstić information content (AvgIpc) is 2.73. The number of carbonyl (C=O) groups is 2. The molecule has 0 aromatic carbocycles. The Balaban J connectivity index is 2.56. The van der Waals surface area contributed by atoms with Crippen molar-refractivity contribution in [3.8, 4) is 0 Å². The molecule has 0 radical (unpaired) electrons. The van der Waals surface area contributed by atoms with Gasteiger partial charge in [-0.05, 0) is 31.1 Å². The van der Waals surface area contributed by atoms with Crippen LogP contribution in [0.25, 0.3) is 0 Å². The molecule has 0 spiro atoms. The molecule has 0 bridgehead atoms. The molecule has 1 rings (SSSR count). The zero-order chi connectivity index (χ0) is 16.9. The van der Waals surface area contributed by atoms with Gasteiger partial charge in [0.05, 0.1) is 5.98 Å². The molecule has 0 aromatic rings. The Bertz CT molecular complexity index is 466. The Labute approximate surface area is 135 Å². The van der Waals surface area contributed by atoms with Gasteiger partial charge in [-0.2, -0.15) is 5.06 Å². The van der Waals surface area contributed by atoms with Gasteiger partial charge in [0.2, 0.25) is 0 Å². The van der Waals surface area contributed by atoms with Crippen LogP contribution in [0.2, 0.25) is 0 Å². The number of allylic oxidation sites excluding steroid dienone is 1. The van der Waals surface area contributed by atoms with Crippen LogP contribution in [0, 0.1) is 11.3 Å². The molecule has 0 aliphatic carbocycles. The van der Waals surface area contributed by atoms with E-state index in [-0.39, 0.29) is 17.2 Å². The summed E-state index contributed by atoms with van der Waals surface area (Å²) in [6.45, 7) is 14.3. The summed E-state index contributed by atoms with van der Waals surface area (Å²) in [5.41, 5.74) is 0.692. The Morgan fingerprint density at radius 3 is 2.64 bits per heavy atom. The highest BCUT2D eigenvalue weighted by Gasteiger charge is 2.26. The molecule has 1 amide bonds. The number of carbonyl (C=O) groups excluding carboxylic acids is 2. The zero-order valence-electron chi connectivity index (χ0n) is 14.6. The van der Waals surface area contributed by atoms with Crippen molar-refractivity contribution in [2.24, 2.45) is 11.3 Å². The van der Waals surface area contributed by atoms with E-state index in [9.17, 15) is 9.59 Å². The molecule has 126 valence electrons. The van der Waals surface area contributed by atoms with Gasteiger partial charge in [-0.25, -0.2) is 4.84 Å². The highest BCUT2D eigenvalue weighted by molar-refractivity contribution is 7.56. The maximum Gasteiger partial charge on any atom is 0.251 e. The predicted octanol–water partition coefficient (Wildman–Crippen LogP) is 3.69. The summed E-state index contributed by atoms with van der Waals surface area (Å²) in [5, 5.41) is 1.31. The molecule has 1 aliphatic heterocycles. The lowest BCUT2D eigenvalue weighted by Gasteiger charge is -2.26. The van der Waals surface area contributed by atoms with Crippen molar-refractivity contribution in [1.82, 2.24) is 5.06 Å². The quantitative estimate of drug-likeness (QED) is 0.639. The van der Waals surface area contributed by atoms with Crippen LogP contribution in [0.3, 0.4) is 0 Å². The van der Waals surface area contributed by atoms with Crippen molar-refractivity contribution >= 4 is 25.2 Å². The number of Topliss-reactive ketones (excluding diaryl/α,β-unsaturated/α-hetero) is 1. The van der Waals surface area contributed by atoms with Crippen LogP contribution in [-0.2, 0) is 14.4 Å². The SMILES string of the molecule is C=C1CCC(=O)N1O/C=[PH](\C)CC(C)(C)CC(=O)C(C)CC. The van der Waals surface area contributed by atoms with Crippen LogP contribution in [0.5, 0.6) is 0 Å². The lowest BCUT2D eigenvalue weighted by atomic mass is 9.85. The Morgan fingerprint density at radius 2 is 2.14 bits per heavy atom. The fourth-order valence-corrected chi connectivity index (χ4v) is 4.64. The molecule has 0 aromatic heterocycles. The molecule has 0 N–H and O–H groups in total. The first-order valence-corrected chi connectivity index (χ1v) is 10.3. The summed E-state index contributed by atoms with van der Waals surface area (Å²) in [6, 6.07) is 0. The summed E-state index contributed by atoms with van der Waals surface area (Å²) in [7, 11) is -0.891. The summed E-state index contributed by atoms with van der Waals surface area (Å²) >= 11 is 0. The molecule has 1 fully saturated rings. The number of hydroxylamine groups is 2. The number of ketones is 1. The third kappa shape index (κ3) is 5.73. The van der Waals surface area contributed by atoms with Crippen LogP contribution in [0.1, 0.15) is 53.4 Å². The smallest absolute Gasteiger partial charge is 0.251 e. The number of amides is 1. The third-order valence-electron chi connectivity index (χ3n) is 4.07. The van der Waals surface area contributed by atoms with Gasteiger partial charge in [0.15, 0.2) is 0 Å². The van der Waals surface area contributed by atoms with E-state index in [1.165, 1.54) is 5.06 Å². The average molecular weight is 327 g/mol. The second-order valence-electron chi connectivity index (χ2n) is 7.12. The highest BCUT2D eigenvalue weighted by atomic mass is 31.1. The zero-order valence-corrected chi connectivity index (χ0v) is 15.6. The van der Waals surface area contributed by atoms with E-state index in [2.05, 4.69) is 27.1 Å². The molecule has 2 atom stereocenters. The van der Waals surface area contributed by atoms with E-state index in [4.69, 9.17) is 4.84 Å². The fraction of sp³-hybridized carbons (Fsp3) is 0.706. The molecule has 2 unspecified atom stereocenters. The summed E-state index contributed by atoms with van der Waals surface area (Å²) in [6.07, 6.45) is 3.59. The molecule has 22 heavy (non-hydrogen) atoms. The molecule has 0 saturated carbocycles. The summed E-state index contributed by atoms with van der Waals surface area (Å²) in [4.78, 5) is 29.3. The number of rotatable bonds is 8. The molecular formula is C17H30NO3P. The van der Waals surface area contributed by atoms with Gasteiger partial charge in [0.25, 0.3) is 5.91 Å². The molecule has 1 heterocycles. The first-order valence-electron chi connectivity index (χ1n) is 8.02. The van der Waals surface area contributed by atoms with E-state index >= 15 is 0 Å². The van der Waals surface area contributed by atoms with Gasteiger partial charge < -0.3 is 0 Å². The van der Waals surface area contributed by atoms with Gasteiger partial charge in [-0.1, -0.05) is 41.8 Å². The van der Waals surface area contributed by atoms with E-state index in [0.717, 1.165) is 18.3 Å². The van der Waals surface area contributed by atoms with E-state index in [1.54, 1.807) is 5.98 Å². The molecular weight excluding hydrogens is 297 g/mol. The highest BCUT2D eigenvalue weighted by Crippen LogP contribution is 2.34. The molecule has 4 nitrogen and oxygen atoms in total. The normalized spacial score (nSPS) is 18.9. The largest absolute Gasteiger partial charge is 0.299 e. The van der Waals surface area contributed by atoms with Crippen LogP contribution in [0.4, 0.5) is 0 Å². The Morgan fingerprint density at radius 1 is 1.50 bits per heavy atom. The summed E-state index contributed by atoms with van der Waals surface area (Å²) in [5.74, 6) is 2.24. The molecule has 5 heteroatoms. The van der Waals surface area contributed by atoms with Crippen LogP contribution >= 0.6 is 7.55 Å². The predicted molar refractivity (Wildman–Crippen MR) is 94.3 cm³/mol. The molecule has 1 aliphatic rings. The maximum atomic E-state index is 12.1. The number of hydrogen-bond donors (Lipinski definition) is 0. The van der Waals surface area contributed by atoms with Crippen molar-refractivity contribution in [3.05, 3.63) is 12.3 Å². The number of nitrogens with zero attached hydrogens (tertiary/aromatic N) is 1. The first kappa shape index (κ1) is 19.2. The lowest BCUT2D eigenvalue weighted by molar-refractivity contribution is -0.146. The fourth-order valence-electron chi connectivity index (χ4n) is 2.64. The second-order valence-corrected chi connectivity index (χ2v) is 9.40. The van der Waals surface area contributed by atoms with Crippen molar-refractivity contribution < 1.29 is 14.4 Å². The van der Waals surface area contributed by atoms with Crippen molar-refractivity contribution in [2.75, 3.05) is 12.8 Å². The minimum Gasteiger partial charge on any atom is -0.299 e. The van der Waals surface area contributed by atoms with Crippen LogP contribution in [-0.4, -0.2) is 35.6 Å². The van der Waals surface area contributed by atoms with Gasteiger partial charge in [0, 0.05) is 24.5 Å². The van der Waals surface area contributed by atoms with Gasteiger partial charge in [-0.3, -0.25) is 9.59 Å². The summed E-state index contributed by atoms with van der Waals surface area (Å²) < 4.78 is 0. The Kier molecular flexibility index (Phi) is 7.08. The van der Waals surface area contributed by atoms with Crippen molar-refractivity contribution in [2.45, 2.75) is 53.4 Å². The van der Waals surface area contributed by atoms with Gasteiger partial charge in [-0.15, -0.1) is 0 Å². The topological polar surface area (TPSA) is 46.6 Å². The monoisotopic (exact) mass is 327 g/mol. The van der Waals surface area contributed by atoms with E-state index in [0.29, 0.717) is 25.0 Å². The first-order chi connectivity index (χ1) is 10.2. The van der Waals surface area contributed by atoms with Crippen molar-refractivity contribution in [3.63, 3.8) is 0 Å². The standard InChI is InChI=1S/C17H30NO3P/c1-7-13(2)15(19)10-17(4,5)11-22(6)12-21-18-14(3)8-9-16(18)20/h12-13,22H,3,7-11H2,1-2,4-6H3. The third-order valence-corrected chi connectivity index (χ3v) is 6.10. The van der Waals surface area contributed by atoms with Gasteiger partial charge in [0.1, 0.15) is 5.78 Å². The maximum absolute atomic E-state index is 12.1. The minimum atomic E-state index is -0.891. The van der Waals surface area contributed by atoms with Crippen LogP contribution in [0.15, 0.2) is 12.3 Å². The van der Waals surface area contributed by atoms with Crippen LogP contribution < -0.4 is 0 Å². The molecule has 1 saturated heterocycles. The Hall–Kier alpha value is -0.860. The lowest BCUT2D eigenvalue weighted by Crippen LogP contribution is -2.24.